The van der Waals surface area contributed by atoms with Gasteiger partial charge in [-0.15, -0.1) is 10.2 Å². The lowest BCUT2D eigenvalue weighted by Crippen LogP contribution is -2.41. The van der Waals surface area contributed by atoms with Crippen molar-refractivity contribution >= 4 is 5.96 Å². The van der Waals surface area contributed by atoms with Gasteiger partial charge < -0.3 is 15.2 Å². The molecule has 1 aromatic rings. The van der Waals surface area contributed by atoms with Crippen molar-refractivity contribution in [3.8, 4) is 0 Å². The molecule has 0 spiro atoms. The lowest BCUT2D eigenvalue weighted by atomic mass is 10.2. The van der Waals surface area contributed by atoms with Crippen LogP contribution in [0.1, 0.15) is 65.0 Å². The molecule has 27 heavy (non-hydrogen) atoms. The molecule has 0 unspecified atom stereocenters. The first-order valence-electron chi connectivity index (χ1n) is 10.6. The topological polar surface area (TPSA) is 70.4 Å². The number of nitrogens with one attached hydrogen (secondary N) is 2. The number of aromatic nitrogens is 3. The van der Waals surface area contributed by atoms with Gasteiger partial charge in [0.25, 0.3) is 0 Å². The van der Waals surface area contributed by atoms with E-state index < -0.39 is 0 Å². The molecule has 2 rings (SSSR count). The van der Waals surface area contributed by atoms with Gasteiger partial charge in [0.05, 0.1) is 0 Å². The van der Waals surface area contributed by atoms with Gasteiger partial charge in [-0.25, -0.2) is 0 Å². The number of hydrogen-bond donors (Lipinski definition) is 2. The molecule has 0 fully saturated rings. The molecule has 0 aromatic carbocycles. The molecule has 7 heteroatoms. The first kappa shape index (κ1) is 21.7. The molecule has 7 nitrogen and oxygen atoms in total. The van der Waals surface area contributed by atoms with Gasteiger partial charge in [-0.2, -0.15) is 0 Å². The van der Waals surface area contributed by atoms with Crippen molar-refractivity contribution in [2.45, 2.75) is 84.8 Å². The zero-order valence-corrected chi connectivity index (χ0v) is 18.0. The number of fused-ring (bicyclic) bond motifs is 1. The second kappa shape index (κ2) is 11.3. The Labute approximate surface area is 165 Å². The van der Waals surface area contributed by atoms with Crippen LogP contribution in [-0.2, 0) is 19.4 Å². The zero-order chi connectivity index (χ0) is 19.6. The van der Waals surface area contributed by atoms with Gasteiger partial charge in [0.1, 0.15) is 11.6 Å². The van der Waals surface area contributed by atoms with E-state index >= 15 is 0 Å². The number of rotatable bonds is 9. The van der Waals surface area contributed by atoms with Crippen molar-refractivity contribution < 1.29 is 0 Å². The molecule has 0 amide bonds. The minimum Gasteiger partial charge on any atom is -0.356 e. The Morgan fingerprint density at radius 2 is 1.81 bits per heavy atom. The smallest absolute Gasteiger partial charge is 0.190 e. The summed E-state index contributed by atoms with van der Waals surface area (Å²) in [7, 11) is 1.83. The number of guanidine groups is 1. The first-order valence-corrected chi connectivity index (χ1v) is 10.6. The Morgan fingerprint density at radius 3 is 2.52 bits per heavy atom. The molecule has 1 aliphatic rings. The van der Waals surface area contributed by atoms with Gasteiger partial charge in [0.15, 0.2) is 5.96 Å². The fourth-order valence-corrected chi connectivity index (χ4v) is 3.82. The van der Waals surface area contributed by atoms with Gasteiger partial charge >= 0.3 is 0 Å². The van der Waals surface area contributed by atoms with Crippen molar-refractivity contribution in [1.82, 2.24) is 30.3 Å². The standard InChI is InChI=1S/C20H39N7/c1-16(2)26(17(3)4)15-9-12-22-20(21-5)23-13-11-19-25-24-18-10-7-6-8-14-27(18)19/h16-17H,6-15H2,1-5H3,(H2,21,22,23). The normalized spacial score (nSPS) is 15.3. The summed E-state index contributed by atoms with van der Waals surface area (Å²) in [5.41, 5.74) is 0. The van der Waals surface area contributed by atoms with Crippen LogP contribution in [0.3, 0.4) is 0 Å². The van der Waals surface area contributed by atoms with E-state index in [0.29, 0.717) is 12.1 Å². The molecule has 0 saturated carbocycles. The minimum atomic E-state index is 0.584. The Balaban J connectivity index is 1.70. The summed E-state index contributed by atoms with van der Waals surface area (Å²) in [4.78, 5) is 6.86. The minimum absolute atomic E-state index is 0.584. The van der Waals surface area contributed by atoms with Crippen LogP contribution in [0.5, 0.6) is 0 Å². The molecule has 154 valence electrons. The maximum Gasteiger partial charge on any atom is 0.190 e. The molecule has 0 saturated heterocycles. The Kier molecular flexibility index (Phi) is 9.04. The molecular formula is C20H39N7. The molecule has 2 heterocycles. The summed E-state index contributed by atoms with van der Waals surface area (Å²) in [5.74, 6) is 3.12. The van der Waals surface area contributed by atoms with E-state index in [1.165, 1.54) is 19.3 Å². The van der Waals surface area contributed by atoms with Gasteiger partial charge in [0.2, 0.25) is 0 Å². The first-order chi connectivity index (χ1) is 13.0. The Hall–Kier alpha value is -1.63. The zero-order valence-electron chi connectivity index (χ0n) is 18.0. The molecule has 0 atom stereocenters. The van der Waals surface area contributed by atoms with Crippen molar-refractivity contribution in [2.24, 2.45) is 4.99 Å². The fraction of sp³-hybridized carbons (Fsp3) is 0.850. The summed E-state index contributed by atoms with van der Waals surface area (Å²) in [6, 6.07) is 1.17. The number of hydrogen-bond acceptors (Lipinski definition) is 4. The highest BCUT2D eigenvalue weighted by atomic mass is 15.3. The van der Waals surface area contributed by atoms with Gasteiger partial charge in [-0.05, 0) is 47.0 Å². The van der Waals surface area contributed by atoms with Crippen LogP contribution in [-0.4, -0.2) is 64.4 Å². The molecule has 2 N–H and O–H groups in total. The third kappa shape index (κ3) is 6.79. The van der Waals surface area contributed by atoms with Gasteiger partial charge in [-0.1, -0.05) is 6.42 Å². The number of aryl methyl sites for hydroxylation is 1. The summed E-state index contributed by atoms with van der Waals surface area (Å²) < 4.78 is 2.32. The lowest BCUT2D eigenvalue weighted by molar-refractivity contribution is 0.173. The van der Waals surface area contributed by atoms with Gasteiger partial charge in [0, 0.05) is 58.2 Å². The molecule has 1 aromatic heterocycles. The van der Waals surface area contributed by atoms with Crippen LogP contribution < -0.4 is 10.6 Å². The van der Waals surface area contributed by atoms with Crippen LogP contribution in [0.4, 0.5) is 0 Å². The highest BCUT2D eigenvalue weighted by Gasteiger charge is 2.14. The van der Waals surface area contributed by atoms with Crippen molar-refractivity contribution in [3.63, 3.8) is 0 Å². The molecular weight excluding hydrogens is 338 g/mol. The number of aliphatic imine (C=N–C) groups is 1. The number of nitrogens with zero attached hydrogens (tertiary/aromatic N) is 5. The summed E-state index contributed by atoms with van der Waals surface area (Å²) in [5, 5.41) is 15.6. The quantitative estimate of drug-likeness (QED) is 0.392. The maximum absolute atomic E-state index is 4.40. The average molecular weight is 378 g/mol. The van der Waals surface area contributed by atoms with E-state index in [4.69, 9.17) is 0 Å². The van der Waals surface area contributed by atoms with E-state index in [2.05, 4.69) is 63.0 Å². The van der Waals surface area contributed by atoms with Crippen molar-refractivity contribution in [3.05, 3.63) is 11.6 Å². The lowest BCUT2D eigenvalue weighted by Gasteiger charge is -2.30. The van der Waals surface area contributed by atoms with E-state index in [1.807, 2.05) is 7.05 Å². The summed E-state index contributed by atoms with van der Waals surface area (Å²) >= 11 is 0. The Bertz CT molecular complexity index is 569. The second-order valence-electron chi connectivity index (χ2n) is 7.95. The predicted molar refractivity (Wildman–Crippen MR) is 112 cm³/mol. The predicted octanol–water partition coefficient (Wildman–Crippen LogP) is 2.22. The Morgan fingerprint density at radius 1 is 1.07 bits per heavy atom. The van der Waals surface area contributed by atoms with Crippen LogP contribution >= 0.6 is 0 Å². The maximum atomic E-state index is 4.40. The van der Waals surface area contributed by atoms with Crippen LogP contribution in [0.15, 0.2) is 4.99 Å². The molecule has 0 aliphatic carbocycles. The second-order valence-corrected chi connectivity index (χ2v) is 7.95. The average Bonchev–Trinajstić information content (AvgIpc) is 2.86. The fourth-order valence-electron chi connectivity index (χ4n) is 3.82. The summed E-state index contributed by atoms with van der Waals surface area (Å²) in [6.45, 7) is 13.0. The van der Waals surface area contributed by atoms with Crippen molar-refractivity contribution in [1.29, 1.82) is 0 Å². The van der Waals surface area contributed by atoms with Crippen molar-refractivity contribution in [2.75, 3.05) is 26.7 Å². The van der Waals surface area contributed by atoms with E-state index in [0.717, 1.165) is 63.0 Å². The SMILES string of the molecule is CN=C(NCCCN(C(C)C)C(C)C)NCCc1nnc2n1CCCCC2. The molecule has 0 bridgehead atoms. The van der Waals surface area contributed by atoms with Crippen LogP contribution in [0.2, 0.25) is 0 Å². The largest absolute Gasteiger partial charge is 0.356 e. The highest BCUT2D eigenvalue weighted by molar-refractivity contribution is 5.79. The third-order valence-electron chi connectivity index (χ3n) is 5.26. The van der Waals surface area contributed by atoms with Crippen LogP contribution in [0, 0.1) is 0 Å². The molecule has 1 aliphatic heterocycles. The van der Waals surface area contributed by atoms with E-state index in [-0.39, 0.29) is 0 Å². The van der Waals surface area contributed by atoms with E-state index in [9.17, 15) is 0 Å². The summed E-state index contributed by atoms with van der Waals surface area (Å²) in [6.07, 6.45) is 6.81. The monoisotopic (exact) mass is 377 g/mol. The highest BCUT2D eigenvalue weighted by Crippen LogP contribution is 2.14. The molecule has 0 radical (unpaired) electrons. The van der Waals surface area contributed by atoms with E-state index in [1.54, 1.807) is 0 Å². The third-order valence-corrected chi connectivity index (χ3v) is 5.26. The van der Waals surface area contributed by atoms with Crippen LogP contribution in [0.25, 0.3) is 0 Å². The van der Waals surface area contributed by atoms with Gasteiger partial charge in [-0.3, -0.25) is 9.89 Å².